The molecular formula is C12H24O10P+. The summed E-state index contributed by atoms with van der Waals surface area (Å²) in [5, 5.41) is 17.6. The van der Waals surface area contributed by atoms with Crippen LogP contribution in [0.3, 0.4) is 0 Å². The van der Waals surface area contributed by atoms with Gasteiger partial charge in [0.15, 0.2) is 6.10 Å². The van der Waals surface area contributed by atoms with Crippen LogP contribution in [0.2, 0.25) is 0 Å². The maximum atomic E-state index is 11.3. The maximum absolute atomic E-state index is 11.3. The van der Waals surface area contributed by atoms with Crippen molar-refractivity contribution < 1.29 is 48.1 Å². The summed E-state index contributed by atoms with van der Waals surface area (Å²) >= 11 is 0. The lowest BCUT2D eigenvalue weighted by molar-refractivity contribution is -0.159. The zero-order valence-corrected chi connectivity index (χ0v) is 14.0. The first-order chi connectivity index (χ1) is 10.7. The minimum Gasteiger partial charge on any atom is -0.462 e. The fraction of sp³-hybridized carbons (Fsp3) is 0.833. The molecule has 0 unspecified atom stereocenters. The van der Waals surface area contributed by atoms with Gasteiger partial charge in [0.05, 0.1) is 6.61 Å². The predicted molar refractivity (Wildman–Crippen MR) is 77.8 cm³/mol. The van der Waals surface area contributed by atoms with E-state index >= 15 is 0 Å². The molecule has 0 heterocycles. The summed E-state index contributed by atoms with van der Waals surface area (Å²) in [6.45, 7) is 0.953. The molecular weight excluding hydrogens is 335 g/mol. The second kappa shape index (κ2) is 11.6. The van der Waals surface area contributed by atoms with Gasteiger partial charge in [0.2, 0.25) is 0 Å². The van der Waals surface area contributed by atoms with Gasteiger partial charge in [0.1, 0.15) is 25.9 Å². The Morgan fingerprint density at radius 2 is 1.74 bits per heavy atom. The summed E-state index contributed by atoms with van der Waals surface area (Å²) in [5.74, 6) is -1.15. The van der Waals surface area contributed by atoms with Crippen molar-refractivity contribution in [1.82, 2.24) is 0 Å². The molecule has 0 aromatic rings. The molecule has 0 aromatic heterocycles. The maximum Gasteiger partial charge on any atom is 0.570 e. The molecule has 0 saturated carbocycles. The van der Waals surface area contributed by atoms with Crippen molar-refractivity contribution in [2.75, 3.05) is 26.4 Å². The summed E-state index contributed by atoms with van der Waals surface area (Å²) in [5.41, 5.74) is 0. The zero-order valence-electron chi connectivity index (χ0n) is 13.1. The van der Waals surface area contributed by atoms with Crippen LogP contribution in [-0.2, 0) is 28.1 Å². The number of rotatable bonds is 12. The zero-order chi connectivity index (χ0) is 17.9. The van der Waals surface area contributed by atoms with E-state index in [0.29, 0.717) is 6.42 Å². The molecule has 0 fully saturated rings. The van der Waals surface area contributed by atoms with Crippen LogP contribution in [0.25, 0.3) is 0 Å². The fourth-order valence-electron chi connectivity index (χ4n) is 1.27. The molecule has 0 saturated heterocycles. The van der Waals surface area contributed by atoms with Gasteiger partial charge in [0, 0.05) is 13.3 Å². The van der Waals surface area contributed by atoms with Gasteiger partial charge < -0.3 is 19.7 Å². The smallest absolute Gasteiger partial charge is 0.462 e. The lowest BCUT2D eigenvalue weighted by Gasteiger charge is -2.17. The van der Waals surface area contributed by atoms with Crippen molar-refractivity contribution in [1.29, 1.82) is 0 Å². The average molecular weight is 359 g/mol. The highest BCUT2D eigenvalue weighted by atomic mass is 31.2. The second-order valence-corrected chi connectivity index (χ2v) is 6.08. The van der Waals surface area contributed by atoms with E-state index in [4.69, 9.17) is 24.2 Å². The van der Waals surface area contributed by atoms with Crippen molar-refractivity contribution >= 4 is 20.1 Å². The van der Waals surface area contributed by atoms with Crippen LogP contribution in [0.1, 0.15) is 26.7 Å². The Morgan fingerprint density at radius 1 is 1.13 bits per heavy atom. The minimum absolute atomic E-state index is 0.201. The van der Waals surface area contributed by atoms with E-state index < -0.39 is 52.1 Å². The fourth-order valence-corrected chi connectivity index (χ4v) is 2.07. The molecule has 0 aliphatic carbocycles. The van der Waals surface area contributed by atoms with E-state index in [-0.39, 0.29) is 13.0 Å². The molecule has 0 rings (SSSR count). The third kappa shape index (κ3) is 12.2. The Balaban J connectivity index is 4.35. The van der Waals surface area contributed by atoms with Crippen molar-refractivity contribution in [3.05, 3.63) is 0 Å². The Kier molecular flexibility index (Phi) is 11.2. The molecule has 0 aromatic carbocycles. The highest BCUT2D eigenvalue weighted by molar-refractivity contribution is 7.54. The van der Waals surface area contributed by atoms with Crippen LogP contribution in [0.5, 0.6) is 0 Å². The first-order valence-electron chi connectivity index (χ1n) is 6.95. The number of aliphatic hydroxyl groups is 2. The standard InChI is InChI=1S/C12H24O10P/c1-3-4-12(16)19-7-11(22-9(2)14)8-21-23(17,18)20-6-10(15)5-13/h10-11,13,15,17-18H,3-8H2,1-2H3/q+1/t10-,11+/m0/s1. The Morgan fingerprint density at radius 3 is 2.26 bits per heavy atom. The highest BCUT2D eigenvalue weighted by Crippen LogP contribution is 2.52. The SMILES string of the molecule is CCCC(=O)OC[C@H](CO[P+](O)(O)OC[C@@H](O)CO)OC(C)=O. The Hall–Kier alpha value is -0.870. The van der Waals surface area contributed by atoms with Gasteiger partial charge >= 0.3 is 20.1 Å². The molecule has 0 spiro atoms. The van der Waals surface area contributed by atoms with Gasteiger partial charge in [-0.05, 0) is 6.42 Å². The number of hydrogen-bond acceptors (Lipinski definition) is 10. The predicted octanol–water partition coefficient (Wildman–Crippen LogP) is -0.690. The highest BCUT2D eigenvalue weighted by Gasteiger charge is 2.41. The number of carbonyl (C=O) groups is 2. The molecule has 0 bridgehead atoms. The number of aliphatic hydroxyl groups excluding tert-OH is 2. The molecule has 4 N–H and O–H groups in total. The van der Waals surface area contributed by atoms with E-state index in [0.717, 1.165) is 6.92 Å². The van der Waals surface area contributed by atoms with Crippen LogP contribution in [0.15, 0.2) is 0 Å². The molecule has 10 nitrogen and oxygen atoms in total. The van der Waals surface area contributed by atoms with E-state index in [2.05, 4.69) is 4.52 Å². The first-order valence-corrected chi connectivity index (χ1v) is 8.48. The molecule has 0 aliphatic rings. The van der Waals surface area contributed by atoms with E-state index in [1.54, 1.807) is 6.92 Å². The van der Waals surface area contributed by atoms with Gasteiger partial charge in [-0.1, -0.05) is 6.92 Å². The number of esters is 2. The van der Waals surface area contributed by atoms with Gasteiger partial charge in [-0.2, -0.15) is 14.3 Å². The topological polar surface area (TPSA) is 152 Å². The van der Waals surface area contributed by atoms with Crippen LogP contribution in [-0.4, -0.2) is 70.6 Å². The van der Waals surface area contributed by atoms with Gasteiger partial charge in [0.25, 0.3) is 0 Å². The quantitative estimate of drug-likeness (QED) is 0.260. The average Bonchev–Trinajstić information content (AvgIpc) is 2.47. The third-order valence-corrected chi connectivity index (χ3v) is 3.26. The molecule has 23 heavy (non-hydrogen) atoms. The second-order valence-electron chi connectivity index (χ2n) is 4.58. The lowest BCUT2D eigenvalue weighted by Crippen LogP contribution is -2.29. The van der Waals surface area contributed by atoms with Gasteiger partial charge in [-0.15, -0.1) is 4.52 Å². The molecule has 136 valence electrons. The summed E-state index contributed by atoms with van der Waals surface area (Å²) in [4.78, 5) is 41.2. The minimum atomic E-state index is -4.27. The third-order valence-electron chi connectivity index (χ3n) is 2.29. The van der Waals surface area contributed by atoms with Crippen LogP contribution >= 0.6 is 8.17 Å². The van der Waals surface area contributed by atoms with E-state index in [1.807, 2.05) is 0 Å². The van der Waals surface area contributed by atoms with Crippen LogP contribution in [0.4, 0.5) is 0 Å². The van der Waals surface area contributed by atoms with Gasteiger partial charge in [-0.3, -0.25) is 9.59 Å². The largest absolute Gasteiger partial charge is 0.570 e. The normalized spacial score (nSPS) is 14.2. The molecule has 0 aliphatic heterocycles. The molecule has 0 radical (unpaired) electrons. The first kappa shape index (κ1) is 22.1. The molecule has 2 atom stereocenters. The van der Waals surface area contributed by atoms with E-state index in [1.165, 1.54) is 0 Å². The van der Waals surface area contributed by atoms with Crippen molar-refractivity contribution in [3.63, 3.8) is 0 Å². The number of ether oxygens (including phenoxy) is 2. The summed E-state index contributed by atoms with van der Waals surface area (Å²) in [7, 11) is -4.27. The number of carbonyl (C=O) groups excluding carboxylic acids is 2. The van der Waals surface area contributed by atoms with Crippen molar-refractivity contribution in [2.45, 2.75) is 38.9 Å². The number of hydrogen-bond donors (Lipinski definition) is 4. The van der Waals surface area contributed by atoms with Crippen LogP contribution < -0.4 is 0 Å². The monoisotopic (exact) mass is 359 g/mol. The molecule has 0 amide bonds. The Labute approximate surface area is 134 Å². The Bertz CT molecular complexity index is 362. The van der Waals surface area contributed by atoms with Crippen LogP contribution in [0, 0.1) is 0 Å². The van der Waals surface area contributed by atoms with E-state index in [9.17, 15) is 19.4 Å². The summed E-state index contributed by atoms with van der Waals surface area (Å²) in [6.07, 6.45) is -1.54. The molecule has 11 heteroatoms. The van der Waals surface area contributed by atoms with Crippen molar-refractivity contribution in [3.8, 4) is 0 Å². The van der Waals surface area contributed by atoms with Crippen molar-refractivity contribution in [2.24, 2.45) is 0 Å². The van der Waals surface area contributed by atoms with Gasteiger partial charge in [-0.25, -0.2) is 0 Å². The summed E-state index contributed by atoms with van der Waals surface area (Å²) < 4.78 is 19.0. The summed E-state index contributed by atoms with van der Waals surface area (Å²) in [6, 6.07) is 0. The lowest BCUT2D eigenvalue weighted by atomic mass is 10.3.